The molecule has 0 aliphatic carbocycles. The van der Waals surface area contributed by atoms with Crippen molar-refractivity contribution in [3.8, 4) is 0 Å². The summed E-state index contributed by atoms with van der Waals surface area (Å²) in [7, 11) is 0. The number of ether oxygens (including phenoxy) is 1. The SMILES string of the molecule is CCCCOC(=O)N1CCN(c2nc(Cl)nc3c(F)c(Br)c(Cl)cc23)CC1. The minimum Gasteiger partial charge on any atom is -0.449 e. The zero-order valence-electron chi connectivity index (χ0n) is 14.6. The third-order valence-electron chi connectivity index (χ3n) is 4.34. The van der Waals surface area contributed by atoms with Gasteiger partial charge >= 0.3 is 6.09 Å². The fourth-order valence-electron chi connectivity index (χ4n) is 2.87. The number of amides is 1. The Kier molecular flexibility index (Phi) is 6.60. The van der Waals surface area contributed by atoms with Crippen LogP contribution in [0, 0.1) is 5.82 Å². The molecule has 0 bridgehead atoms. The largest absolute Gasteiger partial charge is 0.449 e. The lowest BCUT2D eigenvalue weighted by molar-refractivity contribution is 0.0989. The van der Waals surface area contributed by atoms with Crippen LogP contribution in [-0.2, 0) is 4.74 Å². The standard InChI is InChI=1S/C17H18BrCl2FN4O2/c1-2-3-8-27-17(26)25-6-4-24(5-7-25)15-10-9-11(19)12(18)13(21)14(10)22-16(20)23-15/h9H,2-8H2,1H3. The van der Waals surface area contributed by atoms with Gasteiger partial charge in [0.15, 0.2) is 5.82 Å². The molecule has 10 heteroatoms. The van der Waals surface area contributed by atoms with Gasteiger partial charge in [0, 0.05) is 31.6 Å². The summed E-state index contributed by atoms with van der Waals surface area (Å²) >= 11 is 15.2. The number of hydrogen-bond acceptors (Lipinski definition) is 5. The van der Waals surface area contributed by atoms with E-state index in [4.69, 9.17) is 27.9 Å². The first-order valence-electron chi connectivity index (χ1n) is 8.59. The average Bonchev–Trinajstić information content (AvgIpc) is 2.67. The predicted octanol–water partition coefficient (Wildman–Crippen LogP) is 4.90. The van der Waals surface area contributed by atoms with Gasteiger partial charge in [-0.3, -0.25) is 0 Å². The van der Waals surface area contributed by atoms with E-state index in [1.807, 2.05) is 11.8 Å². The molecule has 0 N–H and O–H groups in total. The highest BCUT2D eigenvalue weighted by molar-refractivity contribution is 9.10. The Balaban J connectivity index is 1.80. The Bertz CT molecular complexity index is 863. The molecule has 1 saturated heterocycles. The van der Waals surface area contributed by atoms with Gasteiger partial charge in [0.25, 0.3) is 0 Å². The molecule has 1 aliphatic rings. The smallest absolute Gasteiger partial charge is 0.409 e. The number of hydrogen-bond donors (Lipinski definition) is 0. The highest BCUT2D eigenvalue weighted by Crippen LogP contribution is 2.35. The molecule has 1 aromatic carbocycles. The van der Waals surface area contributed by atoms with E-state index in [1.165, 1.54) is 0 Å². The molecular weight excluding hydrogens is 462 g/mol. The molecule has 6 nitrogen and oxygen atoms in total. The van der Waals surface area contributed by atoms with Crippen molar-refractivity contribution in [2.45, 2.75) is 19.8 Å². The topological polar surface area (TPSA) is 58.6 Å². The van der Waals surface area contributed by atoms with Crippen molar-refractivity contribution in [2.75, 3.05) is 37.7 Å². The second kappa shape index (κ2) is 8.75. The number of piperazine rings is 1. The van der Waals surface area contributed by atoms with E-state index in [0.717, 1.165) is 12.8 Å². The number of rotatable bonds is 4. The normalized spacial score (nSPS) is 14.7. The Morgan fingerprint density at radius 3 is 2.67 bits per heavy atom. The maximum Gasteiger partial charge on any atom is 0.409 e. The number of fused-ring (bicyclic) bond motifs is 1. The zero-order chi connectivity index (χ0) is 19.6. The third kappa shape index (κ3) is 4.38. The summed E-state index contributed by atoms with van der Waals surface area (Å²) in [4.78, 5) is 23.9. The van der Waals surface area contributed by atoms with E-state index in [1.54, 1.807) is 11.0 Å². The maximum atomic E-state index is 14.5. The third-order valence-corrected chi connectivity index (χ3v) is 5.81. The van der Waals surface area contributed by atoms with E-state index in [-0.39, 0.29) is 26.4 Å². The van der Waals surface area contributed by atoms with Crippen molar-refractivity contribution in [1.82, 2.24) is 14.9 Å². The fraction of sp³-hybridized carbons (Fsp3) is 0.471. The van der Waals surface area contributed by atoms with Gasteiger partial charge in [0.05, 0.1) is 16.1 Å². The minimum absolute atomic E-state index is 0.0490. The molecule has 0 spiro atoms. The average molecular weight is 480 g/mol. The van der Waals surface area contributed by atoms with Crippen LogP contribution in [-0.4, -0.2) is 53.7 Å². The molecule has 2 heterocycles. The van der Waals surface area contributed by atoms with Crippen LogP contribution in [0.5, 0.6) is 0 Å². The lowest BCUT2D eigenvalue weighted by Crippen LogP contribution is -2.49. The van der Waals surface area contributed by atoms with Gasteiger partial charge in [-0.15, -0.1) is 0 Å². The summed E-state index contributed by atoms with van der Waals surface area (Å²) in [6.07, 6.45) is 1.50. The van der Waals surface area contributed by atoms with Crippen LogP contribution in [0.25, 0.3) is 10.9 Å². The molecule has 1 aromatic heterocycles. The number of halogens is 4. The van der Waals surface area contributed by atoms with E-state index in [9.17, 15) is 9.18 Å². The van der Waals surface area contributed by atoms with E-state index in [0.29, 0.717) is 44.0 Å². The van der Waals surface area contributed by atoms with Gasteiger partial charge in [-0.05, 0) is 40.0 Å². The molecule has 1 amide bonds. The highest BCUT2D eigenvalue weighted by Gasteiger charge is 2.26. The Morgan fingerprint density at radius 2 is 2.00 bits per heavy atom. The molecule has 1 aliphatic heterocycles. The Hall–Kier alpha value is -1.38. The van der Waals surface area contributed by atoms with Crippen molar-refractivity contribution in [3.63, 3.8) is 0 Å². The second-order valence-electron chi connectivity index (χ2n) is 6.14. The van der Waals surface area contributed by atoms with Crippen molar-refractivity contribution < 1.29 is 13.9 Å². The van der Waals surface area contributed by atoms with Crippen LogP contribution < -0.4 is 4.90 Å². The molecule has 1 fully saturated rings. The number of anilines is 1. The van der Waals surface area contributed by atoms with Gasteiger partial charge in [-0.2, -0.15) is 4.98 Å². The van der Waals surface area contributed by atoms with Crippen LogP contribution in [0.15, 0.2) is 10.5 Å². The monoisotopic (exact) mass is 478 g/mol. The van der Waals surface area contributed by atoms with Crippen LogP contribution in [0.4, 0.5) is 15.0 Å². The van der Waals surface area contributed by atoms with Crippen LogP contribution >= 0.6 is 39.1 Å². The van der Waals surface area contributed by atoms with Gasteiger partial charge in [0.1, 0.15) is 11.3 Å². The number of aromatic nitrogens is 2. The van der Waals surface area contributed by atoms with Crippen LogP contribution in [0.2, 0.25) is 10.3 Å². The molecule has 146 valence electrons. The Morgan fingerprint density at radius 1 is 1.30 bits per heavy atom. The fourth-order valence-corrected chi connectivity index (χ4v) is 3.53. The first kappa shape index (κ1) is 20.4. The molecule has 0 unspecified atom stereocenters. The van der Waals surface area contributed by atoms with Crippen molar-refractivity contribution in [2.24, 2.45) is 0 Å². The van der Waals surface area contributed by atoms with Crippen molar-refractivity contribution in [1.29, 1.82) is 0 Å². The predicted molar refractivity (Wildman–Crippen MR) is 107 cm³/mol. The van der Waals surface area contributed by atoms with Crippen LogP contribution in [0.3, 0.4) is 0 Å². The van der Waals surface area contributed by atoms with Gasteiger partial charge < -0.3 is 14.5 Å². The summed E-state index contributed by atoms with van der Waals surface area (Å²) < 4.78 is 19.9. The lowest BCUT2D eigenvalue weighted by Gasteiger charge is -2.35. The Labute approximate surface area is 174 Å². The summed E-state index contributed by atoms with van der Waals surface area (Å²) in [5.74, 6) is -0.0847. The highest BCUT2D eigenvalue weighted by atomic mass is 79.9. The maximum absolute atomic E-state index is 14.5. The van der Waals surface area contributed by atoms with Crippen molar-refractivity contribution >= 4 is 61.9 Å². The first-order valence-corrected chi connectivity index (χ1v) is 10.1. The number of nitrogens with zero attached hydrogens (tertiary/aromatic N) is 4. The number of carbonyl (C=O) groups is 1. The quantitative estimate of drug-likeness (QED) is 0.354. The molecule has 27 heavy (non-hydrogen) atoms. The van der Waals surface area contributed by atoms with E-state index >= 15 is 0 Å². The number of benzene rings is 1. The van der Waals surface area contributed by atoms with E-state index in [2.05, 4.69) is 25.9 Å². The summed E-state index contributed by atoms with van der Waals surface area (Å²) in [5.41, 5.74) is 0.0997. The van der Waals surface area contributed by atoms with Gasteiger partial charge in [0.2, 0.25) is 5.28 Å². The summed E-state index contributed by atoms with van der Waals surface area (Å²) in [6, 6.07) is 1.61. The molecule has 0 radical (unpaired) electrons. The number of carbonyl (C=O) groups excluding carboxylic acids is 1. The zero-order valence-corrected chi connectivity index (χ0v) is 17.7. The molecule has 3 rings (SSSR count). The summed E-state index contributed by atoms with van der Waals surface area (Å²) in [5, 5.41) is 0.654. The van der Waals surface area contributed by atoms with E-state index < -0.39 is 5.82 Å². The molecule has 2 aromatic rings. The second-order valence-corrected chi connectivity index (χ2v) is 7.68. The van der Waals surface area contributed by atoms with Gasteiger partial charge in [-0.25, -0.2) is 14.2 Å². The molecular formula is C17H18BrCl2FN4O2. The first-order chi connectivity index (χ1) is 12.9. The van der Waals surface area contributed by atoms with Crippen LogP contribution in [0.1, 0.15) is 19.8 Å². The minimum atomic E-state index is -0.582. The van der Waals surface area contributed by atoms with Gasteiger partial charge in [-0.1, -0.05) is 24.9 Å². The lowest BCUT2D eigenvalue weighted by atomic mass is 10.2. The molecule has 0 saturated carbocycles. The van der Waals surface area contributed by atoms with Crippen molar-refractivity contribution in [3.05, 3.63) is 26.7 Å². The molecule has 0 atom stereocenters. The number of unbranched alkanes of at least 4 members (excludes halogenated alkanes) is 1. The summed E-state index contributed by atoms with van der Waals surface area (Å²) in [6.45, 7) is 4.44.